The molecule has 7 nitrogen and oxygen atoms in total. The van der Waals surface area contributed by atoms with Gasteiger partial charge in [-0.05, 0) is 55.2 Å². The zero-order chi connectivity index (χ0) is 24.6. The summed E-state index contributed by atoms with van der Waals surface area (Å²) in [5.41, 5.74) is 3.38. The number of amides is 4. The molecule has 1 aliphatic heterocycles. The van der Waals surface area contributed by atoms with Crippen molar-refractivity contribution in [1.82, 2.24) is 10.2 Å². The van der Waals surface area contributed by atoms with Gasteiger partial charge in [-0.1, -0.05) is 60.7 Å². The maximum Gasteiger partial charge on any atom is 0.319 e. The zero-order valence-corrected chi connectivity index (χ0v) is 19.8. The number of aryl methyl sites for hydroxylation is 1. The van der Waals surface area contributed by atoms with Gasteiger partial charge in [-0.3, -0.25) is 9.59 Å². The van der Waals surface area contributed by atoms with E-state index in [-0.39, 0.29) is 30.9 Å². The highest BCUT2D eigenvalue weighted by Gasteiger charge is 2.31. The molecule has 4 amide bonds. The van der Waals surface area contributed by atoms with Crippen LogP contribution in [-0.4, -0.2) is 42.4 Å². The fourth-order valence-corrected chi connectivity index (χ4v) is 4.39. The third-order valence-corrected chi connectivity index (χ3v) is 6.10. The van der Waals surface area contributed by atoms with Crippen molar-refractivity contribution in [1.29, 1.82) is 0 Å². The largest absolute Gasteiger partial charge is 0.334 e. The van der Waals surface area contributed by atoms with Crippen molar-refractivity contribution in [2.75, 3.05) is 29.9 Å². The van der Waals surface area contributed by atoms with E-state index in [0.29, 0.717) is 17.9 Å². The van der Waals surface area contributed by atoms with Gasteiger partial charge in [-0.25, -0.2) is 4.79 Å². The van der Waals surface area contributed by atoms with E-state index in [0.717, 1.165) is 24.0 Å². The lowest BCUT2D eigenvalue weighted by atomic mass is 10.0. The number of carbonyl (C=O) groups excluding carboxylic acids is 3. The van der Waals surface area contributed by atoms with E-state index >= 15 is 0 Å². The van der Waals surface area contributed by atoms with Gasteiger partial charge in [0.15, 0.2) is 0 Å². The van der Waals surface area contributed by atoms with Crippen molar-refractivity contribution in [3.05, 3.63) is 96.1 Å². The molecule has 7 heteroatoms. The molecule has 1 atom stereocenters. The van der Waals surface area contributed by atoms with Crippen LogP contribution in [0.25, 0.3) is 0 Å². The Morgan fingerprint density at radius 3 is 2.37 bits per heavy atom. The Morgan fingerprint density at radius 2 is 1.66 bits per heavy atom. The molecule has 0 bridgehead atoms. The van der Waals surface area contributed by atoms with Gasteiger partial charge in [0.25, 0.3) is 0 Å². The van der Waals surface area contributed by atoms with Gasteiger partial charge in [-0.2, -0.15) is 0 Å². The second kappa shape index (κ2) is 11.3. The molecule has 1 saturated heterocycles. The molecule has 3 aromatic rings. The molecule has 1 heterocycles. The first-order chi connectivity index (χ1) is 17.0. The number of benzene rings is 3. The summed E-state index contributed by atoms with van der Waals surface area (Å²) in [6, 6.07) is 26.0. The van der Waals surface area contributed by atoms with Gasteiger partial charge < -0.3 is 20.4 Å². The standard InChI is InChI=1S/C28H30N4O3/c1-21-10-8-13-23(18-21)30-28(35)29-19-26(33)32(24-14-6-3-7-15-24)20-27(34)31-17-9-16-25(31)22-11-4-2-5-12-22/h2-8,10-15,18,25H,9,16-17,19-20H2,1H3,(H2,29,30,35). The molecule has 35 heavy (non-hydrogen) atoms. The van der Waals surface area contributed by atoms with Crippen LogP contribution in [0.1, 0.15) is 30.0 Å². The minimum atomic E-state index is -0.480. The van der Waals surface area contributed by atoms with Gasteiger partial charge in [0.05, 0.1) is 12.6 Å². The monoisotopic (exact) mass is 470 g/mol. The lowest BCUT2D eigenvalue weighted by molar-refractivity contribution is -0.132. The van der Waals surface area contributed by atoms with Crippen LogP contribution in [0.3, 0.4) is 0 Å². The first-order valence-electron chi connectivity index (χ1n) is 11.8. The van der Waals surface area contributed by atoms with Gasteiger partial charge >= 0.3 is 6.03 Å². The smallest absolute Gasteiger partial charge is 0.319 e. The number of rotatable bonds is 7. The number of para-hydroxylation sites is 1. The average Bonchev–Trinajstić information content (AvgIpc) is 3.37. The second-order valence-corrected chi connectivity index (χ2v) is 8.65. The second-order valence-electron chi connectivity index (χ2n) is 8.65. The molecular weight excluding hydrogens is 440 g/mol. The highest BCUT2D eigenvalue weighted by molar-refractivity contribution is 6.02. The minimum Gasteiger partial charge on any atom is -0.334 e. The number of anilines is 2. The van der Waals surface area contributed by atoms with Crippen molar-refractivity contribution < 1.29 is 14.4 Å². The topological polar surface area (TPSA) is 81.8 Å². The first-order valence-corrected chi connectivity index (χ1v) is 11.8. The number of urea groups is 1. The maximum atomic E-state index is 13.4. The van der Waals surface area contributed by atoms with Crippen LogP contribution < -0.4 is 15.5 Å². The van der Waals surface area contributed by atoms with E-state index in [2.05, 4.69) is 10.6 Å². The van der Waals surface area contributed by atoms with E-state index in [4.69, 9.17) is 0 Å². The summed E-state index contributed by atoms with van der Waals surface area (Å²) in [6.45, 7) is 2.27. The number of nitrogens with one attached hydrogen (secondary N) is 2. The Bertz CT molecular complexity index is 1170. The van der Waals surface area contributed by atoms with Crippen LogP contribution >= 0.6 is 0 Å². The maximum absolute atomic E-state index is 13.4. The fourth-order valence-electron chi connectivity index (χ4n) is 4.39. The van der Waals surface area contributed by atoms with Gasteiger partial charge in [-0.15, -0.1) is 0 Å². The Balaban J connectivity index is 1.43. The molecule has 2 N–H and O–H groups in total. The third kappa shape index (κ3) is 6.26. The summed E-state index contributed by atoms with van der Waals surface area (Å²) in [5.74, 6) is -0.475. The number of likely N-dealkylation sites (tertiary alicyclic amines) is 1. The lowest BCUT2D eigenvalue weighted by Gasteiger charge is -2.29. The molecule has 0 radical (unpaired) electrons. The summed E-state index contributed by atoms with van der Waals surface area (Å²) in [4.78, 5) is 42.2. The van der Waals surface area contributed by atoms with Gasteiger partial charge in [0, 0.05) is 17.9 Å². The molecule has 1 fully saturated rings. The Labute approximate surface area is 205 Å². The van der Waals surface area contributed by atoms with Crippen molar-refractivity contribution in [2.24, 2.45) is 0 Å². The van der Waals surface area contributed by atoms with E-state index in [1.54, 1.807) is 18.2 Å². The van der Waals surface area contributed by atoms with Crippen LogP contribution in [-0.2, 0) is 9.59 Å². The summed E-state index contributed by atoms with van der Waals surface area (Å²) in [5, 5.41) is 5.34. The van der Waals surface area contributed by atoms with E-state index < -0.39 is 6.03 Å². The van der Waals surface area contributed by atoms with Crippen LogP contribution in [0.4, 0.5) is 16.2 Å². The molecule has 0 saturated carbocycles. The van der Waals surface area contributed by atoms with Gasteiger partial charge in [0.2, 0.25) is 11.8 Å². The number of carbonyl (C=O) groups is 3. The third-order valence-electron chi connectivity index (χ3n) is 6.10. The molecule has 4 rings (SSSR count). The highest BCUT2D eigenvalue weighted by atomic mass is 16.2. The molecular formula is C28H30N4O3. The zero-order valence-electron chi connectivity index (χ0n) is 19.8. The number of hydrogen-bond acceptors (Lipinski definition) is 3. The first kappa shape index (κ1) is 24.0. The Hall–Kier alpha value is -4.13. The minimum absolute atomic E-state index is 0.00894. The summed E-state index contributed by atoms with van der Waals surface area (Å²) >= 11 is 0. The fraction of sp³-hybridized carbons (Fsp3) is 0.250. The molecule has 0 aromatic heterocycles. The molecule has 180 valence electrons. The quantitative estimate of drug-likeness (QED) is 0.533. The summed E-state index contributed by atoms with van der Waals surface area (Å²) in [7, 11) is 0. The summed E-state index contributed by atoms with van der Waals surface area (Å²) < 4.78 is 0. The van der Waals surface area contributed by atoms with E-state index in [1.165, 1.54) is 4.90 Å². The van der Waals surface area contributed by atoms with Crippen molar-refractivity contribution >= 4 is 29.2 Å². The summed E-state index contributed by atoms with van der Waals surface area (Å²) in [6.07, 6.45) is 1.82. The van der Waals surface area contributed by atoms with E-state index in [9.17, 15) is 14.4 Å². The molecule has 0 aliphatic carbocycles. The number of nitrogens with zero attached hydrogens (tertiary/aromatic N) is 2. The van der Waals surface area contributed by atoms with Crippen molar-refractivity contribution in [3.8, 4) is 0 Å². The predicted molar refractivity (Wildman–Crippen MR) is 137 cm³/mol. The van der Waals surface area contributed by atoms with Crippen LogP contribution in [0.2, 0.25) is 0 Å². The predicted octanol–water partition coefficient (Wildman–Crippen LogP) is 4.51. The molecule has 1 aliphatic rings. The normalized spacial score (nSPS) is 14.9. The SMILES string of the molecule is Cc1cccc(NC(=O)NCC(=O)N(CC(=O)N2CCCC2c2ccccc2)c2ccccc2)c1. The van der Waals surface area contributed by atoms with Crippen LogP contribution in [0.5, 0.6) is 0 Å². The molecule has 0 spiro atoms. The van der Waals surface area contributed by atoms with Gasteiger partial charge in [0.1, 0.15) is 6.54 Å². The van der Waals surface area contributed by atoms with Crippen molar-refractivity contribution in [2.45, 2.75) is 25.8 Å². The lowest BCUT2D eigenvalue weighted by Crippen LogP contribution is -2.47. The van der Waals surface area contributed by atoms with Crippen LogP contribution in [0, 0.1) is 6.92 Å². The highest BCUT2D eigenvalue weighted by Crippen LogP contribution is 2.32. The average molecular weight is 471 g/mol. The Kier molecular flexibility index (Phi) is 7.77. The Morgan fingerprint density at radius 1 is 0.943 bits per heavy atom. The molecule has 3 aromatic carbocycles. The van der Waals surface area contributed by atoms with E-state index in [1.807, 2.05) is 78.6 Å². The van der Waals surface area contributed by atoms with Crippen molar-refractivity contribution in [3.63, 3.8) is 0 Å². The number of hydrogen-bond donors (Lipinski definition) is 2. The molecule has 1 unspecified atom stereocenters. The van der Waals surface area contributed by atoms with Crippen LogP contribution in [0.15, 0.2) is 84.9 Å².